The zero-order valence-corrected chi connectivity index (χ0v) is 38.2. The standard InChI is InChI=1S/C70H42/c1-3-19-51-43(15-1)31-37-49-39-47-17-13-29-61(65(47)41-63(49)51)69-57-25-9-5-21-53(57)67(54-22-6-10-26-58(54)69)45-33-35-46(36-34-45)68-55-23-7-11-27-59(55)70(60-28-12-8-24-56(60)68)62-30-14-18-48-40-50-38-32-44-16-2-4-20-52(44)64(50)42-66(48)62/h1-42H. The summed E-state index contributed by atoms with van der Waals surface area (Å²) in [4.78, 5) is 0. The Labute approximate surface area is 404 Å². The molecule has 0 aromatic heterocycles. The molecule has 0 unspecified atom stereocenters. The third-order valence-corrected chi connectivity index (χ3v) is 15.4. The highest BCUT2D eigenvalue weighted by Gasteiger charge is 2.21. The Balaban J connectivity index is 0.920. The summed E-state index contributed by atoms with van der Waals surface area (Å²) in [6.07, 6.45) is 0. The van der Waals surface area contributed by atoms with Gasteiger partial charge in [-0.3, -0.25) is 0 Å². The monoisotopic (exact) mass is 882 g/mol. The maximum absolute atomic E-state index is 2.43. The third-order valence-electron chi connectivity index (χ3n) is 15.4. The van der Waals surface area contributed by atoms with Crippen molar-refractivity contribution >= 4 is 108 Å². The summed E-state index contributed by atoms with van der Waals surface area (Å²) in [7, 11) is 0. The van der Waals surface area contributed by atoms with E-state index in [-0.39, 0.29) is 0 Å². The molecule has 0 aliphatic heterocycles. The molecule has 0 heterocycles. The average molecular weight is 883 g/mol. The zero-order chi connectivity index (χ0) is 45.9. The fraction of sp³-hybridized carbons (Fsp3) is 0. The first-order valence-corrected chi connectivity index (χ1v) is 24.4. The molecule has 0 saturated heterocycles. The summed E-state index contributed by atoms with van der Waals surface area (Å²) in [5.41, 5.74) is 10.0. The van der Waals surface area contributed by atoms with Crippen LogP contribution in [0.25, 0.3) is 152 Å². The lowest BCUT2D eigenvalue weighted by molar-refractivity contribution is 1.64. The first kappa shape index (κ1) is 38.9. The van der Waals surface area contributed by atoms with Crippen LogP contribution in [0.3, 0.4) is 0 Å². The van der Waals surface area contributed by atoms with Gasteiger partial charge in [0, 0.05) is 0 Å². The van der Waals surface area contributed by atoms with E-state index in [1.54, 1.807) is 0 Å². The highest BCUT2D eigenvalue weighted by Crippen LogP contribution is 2.49. The molecule has 0 spiro atoms. The van der Waals surface area contributed by atoms with Crippen molar-refractivity contribution in [2.24, 2.45) is 0 Å². The van der Waals surface area contributed by atoms with E-state index in [1.807, 2.05) is 0 Å². The predicted octanol–water partition coefficient (Wildman–Crippen LogP) is 19.9. The number of benzene rings is 15. The Bertz CT molecular complexity index is 4270. The number of hydrogen-bond acceptors (Lipinski definition) is 0. The lowest BCUT2D eigenvalue weighted by atomic mass is 9.83. The van der Waals surface area contributed by atoms with Gasteiger partial charge >= 0.3 is 0 Å². The van der Waals surface area contributed by atoms with Crippen LogP contribution in [0.2, 0.25) is 0 Å². The van der Waals surface area contributed by atoms with Crippen LogP contribution < -0.4 is 0 Å². The quantitative estimate of drug-likeness (QED) is 0.122. The maximum Gasteiger partial charge on any atom is -0.00201 e. The van der Waals surface area contributed by atoms with Gasteiger partial charge < -0.3 is 0 Å². The summed E-state index contributed by atoms with van der Waals surface area (Å²) >= 11 is 0. The van der Waals surface area contributed by atoms with Gasteiger partial charge in [0.1, 0.15) is 0 Å². The minimum absolute atomic E-state index is 1.21. The molecule has 322 valence electrons. The smallest absolute Gasteiger partial charge is 0.00201 e. The van der Waals surface area contributed by atoms with Crippen molar-refractivity contribution in [3.63, 3.8) is 0 Å². The number of fused-ring (bicyclic) bond motifs is 12. The molecule has 0 nitrogen and oxygen atoms in total. The Morgan fingerprint density at radius 2 is 0.414 bits per heavy atom. The SMILES string of the molecule is c1cc(-c2c3ccccc3c(-c3ccc(-c4c5ccccc5c(-c5cccc6cc7ccc8ccccc8c7cc56)c5ccccc45)cc3)c3ccccc23)c2cc3c(ccc4ccccc43)cc2c1. The van der Waals surface area contributed by atoms with Crippen molar-refractivity contribution in [3.8, 4) is 44.5 Å². The maximum atomic E-state index is 2.43. The molecule has 70 heavy (non-hydrogen) atoms. The lowest BCUT2D eigenvalue weighted by Gasteiger charge is -2.20. The van der Waals surface area contributed by atoms with Crippen LogP contribution in [-0.4, -0.2) is 0 Å². The van der Waals surface area contributed by atoms with Gasteiger partial charge in [-0.15, -0.1) is 0 Å². The second-order valence-electron chi connectivity index (χ2n) is 19.0. The largest absolute Gasteiger partial charge is 0.0616 e. The van der Waals surface area contributed by atoms with Crippen LogP contribution >= 0.6 is 0 Å². The topological polar surface area (TPSA) is 0 Å². The average Bonchev–Trinajstić information content (AvgIpc) is 3.42. The molecule has 15 aromatic rings. The summed E-state index contributed by atoms with van der Waals surface area (Å²) in [6.45, 7) is 0. The zero-order valence-electron chi connectivity index (χ0n) is 38.2. The van der Waals surface area contributed by atoms with Crippen molar-refractivity contribution in [3.05, 3.63) is 255 Å². The second kappa shape index (κ2) is 15.2. The molecular weight excluding hydrogens is 841 g/mol. The summed E-state index contributed by atoms with van der Waals surface area (Å²) in [6, 6.07) is 95.4. The second-order valence-corrected chi connectivity index (χ2v) is 19.0. The van der Waals surface area contributed by atoms with E-state index < -0.39 is 0 Å². The van der Waals surface area contributed by atoms with E-state index >= 15 is 0 Å². The number of rotatable bonds is 4. The molecule has 0 aliphatic rings. The molecule has 0 N–H and O–H groups in total. The van der Waals surface area contributed by atoms with Gasteiger partial charge in [0.25, 0.3) is 0 Å². The van der Waals surface area contributed by atoms with Gasteiger partial charge in [0.15, 0.2) is 0 Å². The van der Waals surface area contributed by atoms with Gasteiger partial charge in [-0.05, 0) is 176 Å². The molecule has 0 saturated carbocycles. The van der Waals surface area contributed by atoms with Crippen molar-refractivity contribution in [2.45, 2.75) is 0 Å². The fourth-order valence-corrected chi connectivity index (χ4v) is 12.3. The molecule has 15 aromatic carbocycles. The third kappa shape index (κ3) is 5.78. The van der Waals surface area contributed by atoms with Crippen molar-refractivity contribution < 1.29 is 0 Å². The molecule has 0 amide bonds. The normalized spacial score (nSPS) is 12.0. The number of hydrogen-bond donors (Lipinski definition) is 0. The highest BCUT2D eigenvalue weighted by molar-refractivity contribution is 6.27. The first-order chi connectivity index (χ1) is 34.7. The molecule has 0 fully saturated rings. The van der Waals surface area contributed by atoms with Gasteiger partial charge in [0.2, 0.25) is 0 Å². The summed E-state index contributed by atoms with van der Waals surface area (Å²) in [5.74, 6) is 0. The van der Waals surface area contributed by atoms with Gasteiger partial charge in [-0.1, -0.05) is 231 Å². The van der Waals surface area contributed by atoms with Crippen LogP contribution in [0.15, 0.2) is 255 Å². The van der Waals surface area contributed by atoms with Crippen molar-refractivity contribution in [2.75, 3.05) is 0 Å². The van der Waals surface area contributed by atoms with Crippen LogP contribution in [0.5, 0.6) is 0 Å². The molecule has 0 atom stereocenters. The van der Waals surface area contributed by atoms with Crippen LogP contribution in [0.1, 0.15) is 0 Å². The molecular formula is C70H42. The van der Waals surface area contributed by atoms with Crippen molar-refractivity contribution in [1.82, 2.24) is 0 Å². The Morgan fingerprint density at radius 1 is 0.143 bits per heavy atom. The van der Waals surface area contributed by atoms with Gasteiger partial charge in [0.05, 0.1) is 0 Å². The minimum atomic E-state index is 1.21. The van der Waals surface area contributed by atoms with Crippen LogP contribution in [0.4, 0.5) is 0 Å². The lowest BCUT2D eigenvalue weighted by Crippen LogP contribution is -1.93. The van der Waals surface area contributed by atoms with Crippen LogP contribution in [0, 0.1) is 0 Å². The minimum Gasteiger partial charge on any atom is -0.0616 e. The molecule has 15 rings (SSSR count). The fourth-order valence-electron chi connectivity index (χ4n) is 12.3. The van der Waals surface area contributed by atoms with E-state index in [0.717, 1.165) is 0 Å². The van der Waals surface area contributed by atoms with Gasteiger partial charge in [-0.25, -0.2) is 0 Å². The van der Waals surface area contributed by atoms with E-state index in [1.165, 1.54) is 152 Å². The van der Waals surface area contributed by atoms with E-state index in [4.69, 9.17) is 0 Å². The summed E-state index contributed by atoms with van der Waals surface area (Å²) in [5, 5.41) is 25.3. The molecule has 0 radical (unpaired) electrons. The van der Waals surface area contributed by atoms with E-state index in [9.17, 15) is 0 Å². The first-order valence-electron chi connectivity index (χ1n) is 24.4. The molecule has 0 aliphatic carbocycles. The molecule has 0 heteroatoms. The summed E-state index contributed by atoms with van der Waals surface area (Å²) < 4.78 is 0. The van der Waals surface area contributed by atoms with Crippen LogP contribution in [-0.2, 0) is 0 Å². The van der Waals surface area contributed by atoms with Crippen molar-refractivity contribution in [1.29, 1.82) is 0 Å². The van der Waals surface area contributed by atoms with E-state index in [2.05, 4.69) is 255 Å². The van der Waals surface area contributed by atoms with Gasteiger partial charge in [-0.2, -0.15) is 0 Å². The highest BCUT2D eigenvalue weighted by atomic mass is 14.2. The Morgan fingerprint density at radius 3 is 0.771 bits per heavy atom. The predicted molar refractivity (Wildman–Crippen MR) is 303 cm³/mol. The van der Waals surface area contributed by atoms with E-state index in [0.29, 0.717) is 0 Å². The Hall–Kier alpha value is -9.10. The molecule has 0 bridgehead atoms. The Kier molecular flexibility index (Phi) is 8.46.